The van der Waals surface area contributed by atoms with Crippen LogP contribution in [0, 0.1) is 23.2 Å². The maximum Gasteiger partial charge on any atom is 0.257 e. The minimum atomic E-state index is -0.850. The maximum atomic E-state index is 13.1. The largest absolute Gasteiger partial charge is 0.340 e. The van der Waals surface area contributed by atoms with Gasteiger partial charge in [0.15, 0.2) is 0 Å². The molecule has 2 N–H and O–H groups in total. The topological polar surface area (TPSA) is 102 Å². The number of nitrogens with one attached hydrogen (secondary N) is 2. The van der Waals surface area contributed by atoms with Gasteiger partial charge in [-0.2, -0.15) is 10.2 Å². The van der Waals surface area contributed by atoms with Crippen LogP contribution >= 0.6 is 0 Å². The van der Waals surface area contributed by atoms with E-state index in [4.69, 9.17) is 0 Å². The van der Waals surface area contributed by atoms with Crippen molar-refractivity contribution in [3.63, 3.8) is 0 Å². The fourth-order valence-corrected chi connectivity index (χ4v) is 4.74. The first kappa shape index (κ1) is 17.8. The Labute approximate surface area is 158 Å². The van der Waals surface area contributed by atoms with Crippen LogP contribution in [-0.4, -0.2) is 28.5 Å². The Kier molecular flexibility index (Phi) is 4.73. The minimum absolute atomic E-state index is 0.104. The molecule has 1 fully saturated rings. The molecular weight excluding hydrogens is 342 g/mol. The molecule has 4 atom stereocenters. The highest BCUT2D eigenvalue weighted by Gasteiger charge is 2.43. The highest BCUT2D eigenvalue weighted by Crippen LogP contribution is 2.43. The third-order valence-corrected chi connectivity index (χ3v) is 6.19. The number of anilines is 2. The van der Waals surface area contributed by atoms with E-state index in [0.29, 0.717) is 23.4 Å². The molecule has 0 bridgehead atoms. The first-order valence-corrected chi connectivity index (χ1v) is 9.86. The van der Waals surface area contributed by atoms with Crippen LogP contribution in [0.4, 0.5) is 11.8 Å². The van der Waals surface area contributed by atoms with Crippen molar-refractivity contribution < 1.29 is 4.79 Å². The van der Waals surface area contributed by atoms with E-state index in [1.54, 1.807) is 0 Å². The van der Waals surface area contributed by atoms with Crippen LogP contribution in [0.15, 0.2) is 16.9 Å². The molecule has 1 amide bonds. The molecule has 3 heterocycles. The summed E-state index contributed by atoms with van der Waals surface area (Å²) in [5.41, 5.74) is 0.238. The normalized spacial score (nSPS) is 30.4. The number of aromatic amines is 1. The zero-order valence-corrected chi connectivity index (χ0v) is 15.6. The number of rotatable bonds is 2. The number of hydrogen-bond acceptors (Lipinski definition) is 5. The summed E-state index contributed by atoms with van der Waals surface area (Å²) < 4.78 is 0. The zero-order valence-electron chi connectivity index (χ0n) is 15.6. The molecule has 0 spiro atoms. The third-order valence-electron chi connectivity index (χ3n) is 6.19. The van der Waals surface area contributed by atoms with E-state index in [1.165, 1.54) is 6.42 Å². The van der Waals surface area contributed by atoms with Gasteiger partial charge < -0.3 is 10.2 Å². The van der Waals surface area contributed by atoms with Crippen LogP contribution in [-0.2, 0) is 4.79 Å². The molecule has 1 aromatic heterocycles. The summed E-state index contributed by atoms with van der Waals surface area (Å²) in [5, 5.41) is 12.3. The summed E-state index contributed by atoms with van der Waals surface area (Å²) >= 11 is 0. The number of amides is 1. The van der Waals surface area contributed by atoms with Gasteiger partial charge in [0.1, 0.15) is 11.7 Å². The number of allylic oxidation sites excluding steroid dienone is 2. The Hall–Kier alpha value is -2.62. The Bertz CT molecular complexity index is 868. The number of hydrogen-bond donors (Lipinski definition) is 2. The standard InChI is InChI=1S/C20H25N5O2/c1-12-7-5-6-10-25(12)20-23-17-16(19(27)24-20)15(13-8-3-2-4-9-13)14(11-21)18(26)22-17/h2-3,12-15H,4-10H2,1H3,(H2,22,23,24,26,27). The molecular formula is C20H25N5O2. The van der Waals surface area contributed by atoms with Crippen LogP contribution in [0.2, 0.25) is 0 Å². The second-order valence-corrected chi connectivity index (χ2v) is 7.86. The molecule has 1 aromatic rings. The number of H-pyrrole nitrogens is 1. The van der Waals surface area contributed by atoms with E-state index in [1.807, 2.05) is 0 Å². The summed E-state index contributed by atoms with van der Waals surface area (Å²) in [6.45, 7) is 2.97. The van der Waals surface area contributed by atoms with Crippen molar-refractivity contribution in [2.24, 2.45) is 11.8 Å². The lowest BCUT2D eigenvalue weighted by molar-refractivity contribution is -0.119. The van der Waals surface area contributed by atoms with Crippen LogP contribution < -0.4 is 15.8 Å². The van der Waals surface area contributed by atoms with Gasteiger partial charge in [0.05, 0.1) is 11.6 Å². The Morgan fingerprint density at radius 3 is 2.81 bits per heavy atom. The van der Waals surface area contributed by atoms with Crippen molar-refractivity contribution in [1.29, 1.82) is 5.26 Å². The Morgan fingerprint density at radius 1 is 1.26 bits per heavy atom. The number of nitriles is 1. The first-order valence-electron chi connectivity index (χ1n) is 9.86. The number of fused-ring (bicyclic) bond motifs is 1. The van der Waals surface area contributed by atoms with E-state index in [-0.39, 0.29) is 17.4 Å². The van der Waals surface area contributed by atoms with E-state index in [9.17, 15) is 14.9 Å². The van der Waals surface area contributed by atoms with Gasteiger partial charge in [-0.1, -0.05) is 12.2 Å². The van der Waals surface area contributed by atoms with Crippen molar-refractivity contribution >= 4 is 17.7 Å². The average Bonchev–Trinajstić information content (AvgIpc) is 2.67. The lowest BCUT2D eigenvalue weighted by Gasteiger charge is -2.37. The lowest BCUT2D eigenvalue weighted by atomic mass is 9.71. The Balaban J connectivity index is 1.78. The predicted octanol–water partition coefficient (Wildman–Crippen LogP) is 2.68. The van der Waals surface area contributed by atoms with Crippen LogP contribution in [0.5, 0.6) is 0 Å². The number of piperidine rings is 1. The molecule has 27 heavy (non-hydrogen) atoms. The highest BCUT2D eigenvalue weighted by molar-refractivity contribution is 5.97. The summed E-state index contributed by atoms with van der Waals surface area (Å²) in [6.07, 6.45) is 10.0. The fraction of sp³-hybridized carbons (Fsp3) is 0.600. The molecule has 4 unspecified atom stereocenters. The highest BCUT2D eigenvalue weighted by atomic mass is 16.2. The van der Waals surface area contributed by atoms with E-state index < -0.39 is 11.8 Å². The van der Waals surface area contributed by atoms with Gasteiger partial charge in [-0.15, -0.1) is 0 Å². The molecule has 7 heteroatoms. The predicted molar refractivity (Wildman–Crippen MR) is 102 cm³/mol. The maximum absolute atomic E-state index is 13.1. The summed E-state index contributed by atoms with van der Waals surface area (Å²) in [4.78, 5) is 35.3. The van der Waals surface area contributed by atoms with Crippen molar-refractivity contribution in [2.75, 3.05) is 16.8 Å². The number of carbonyl (C=O) groups excluding carboxylic acids is 1. The molecule has 7 nitrogen and oxygen atoms in total. The van der Waals surface area contributed by atoms with Crippen LogP contribution in [0.1, 0.15) is 56.9 Å². The third kappa shape index (κ3) is 3.14. The van der Waals surface area contributed by atoms with Gasteiger partial charge in [-0.3, -0.25) is 14.6 Å². The molecule has 4 rings (SSSR count). The van der Waals surface area contributed by atoms with E-state index >= 15 is 0 Å². The number of carbonyl (C=O) groups is 1. The molecule has 3 aliphatic rings. The SMILES string of the molecule is CC1CCCCN1c1nc2c(c(=O)[nH]1)C(C1CC=CCC1)C(C#N)C(=O)N2. The second-order valence-electron chi connectivity index (χ2n) is 7.86. The van der Waals surface area contributed by atoms with Crippen molar-refractivity contribution in [3.8, 4) is 6.07 Å². The number of aromatic nitrogens is 2. The molecule has 0 saturated carbocycles. The zero-order chi connectivity index (χ0) is 19.0. The van der Waals surface area contributed by atoms with Gasteiger partial charge >= 0.3 is 0 Å². The van der Waals surface area contributed by atoms with Crippen LogP contribution in [0.25, 0.3) is 0 Å². The molecule has 2 aliphatic heterocycles. The molecule has 142 valence electrons. The van der Waals surface area contributed by atoms with E-state index in [0.717, 1.165) is 38.6 Å². The number of nitrogens with zero attached hydrogens (tertiary/aromatic N) is 3. The molecule has 1 saturated heterocycles. The summed E-state index contributed by atoms with van der Waals surface area (Å²) in [6, 6.07) is 2.42. The quantitative estimate of drug-likeness (QED) is 0.783. The van der Waals surface area contributed by atoms with Crippen molar-refractivity contribution in [2.45, 2.75) is 57.4 Å². The molecule has 0 aromatic carbocycles. The van der Waals surface area contributed by atoms with Crippen molar-refractivity contribution in [3.05, 3.63) is 28.1 Å². The van der Waals surface area contributed by atoms with Gasteiger partial charge in [0, 0.05) is 18.5 Å². The van der Waals surface area contributed by atoms with Crippen molar-refractivity contribution in [1.82, 2.24) is 9.97 Å². The monoisotopic (exact) mass is 367 g/mol. The van der Waals surface area contributed by atoms with Gasteiger partial charge in [0.25, 0.3) is 5.56 Å². The minimum Gasteiger partial charge on any atom is -0.340 e. The second kappa shape index (κ2) is 7.18. The first-order chi connectivity index (χ1) is 13.1. The smallest absolute Gasteiger partial charge is 0.257 e. The Morgan fingerprint density at radius 2 is 2.11 bits per heavy atom. The van der Waals surface area contributed by atoms with Gasteiger partial charge in [-0.25, -0.2) is 0 Å². The van der Waals surface area contributed by atoms with E-state index in [2.05, 4.69) is 45.3 Å². The van der Waals surface area contributed by atoms with Crippen LogP contribution in [0.3, 0.4) is 0 Å². The fourth-order valence-electron chi connectivity index (χ4n) is 4.74. The molecule has 1 aliphatic carbocycles. The lowest BCUT2D eigenvalue weighted by Crippen LogP contribution is -2.43. The summed E-state index contributed by atoms with van der Waals surface area (Å²) in [7, 11) is 0. The average molecular weight is 367 g/mol. The van der Waals surface area contributed by atoms with Gasteiger partial charge in [-0.05, 0) is 51.4 Å². The molecule has 0 radical (unpaired) electrons. The summed E-state index contributed by atoms with van der Waals surface area (Å²) in [5.74, 6) is -0.650. The van der Waals surface area contributed by atoms with Gasteiger partial charge in [0.2, 0.25) is 11.9 Å².